The number of carbonyl (C=O) groups excluding carboxylic acids is 3. The van der Waals surface area contributed by atoms with E-state index in [1.165, 1.54) is 64.2 Å². The summed E-state index contributed by atoms with van der Waals surface area (Å²) in [5.74, 6) is -1.08. The standard InChI is InChI=1S/C55H88O6/c1-4-7-10-13-16-19-22-25-26-27-28-31-33-36-39-42-45-48-54(57)60-51-52(61-55(58)49-46-43-40-37-34-30-24-21-18-15-12-9-6-3)50-59-53(56)47-44-41-38-35-32-29-23-20-17-14-11-8-5-2/h7,9-10,12,16,18-19,21,25-26,28,30-31,34,36,39-40,43,52H,4-6,8,11,13-15,17,20,22-24,27,29,32-33,35,37-38,41-42,44-51H2,1-3H3/b10-7-,12-9-,19-16-,21-18-,26-25-,31-28-,34-30-,39-36-,43-40-. The Morgan fingerprint density at radius 1 is 0.344 bits per heavy atom. The molecule has 0 aliphatic rings. The smallest absolute Gasteiger partial charge is 0.306 e. The number of hydrogen-bond donors (Lipinski definition) is 0. The molecule has 6 heteroatoms. The summed E-state index contributed by atoms with van der Waals surface area (Å²) in [7, 11) is 0. The molecule has 0 aromatic carbocycles. The highest BCUT2D eigenvalue weighted by Gasteiger charge is 2.19. The van der Waals surface area contributed by atoms with Crippen LogP contribution in [0.5, 0.6) is 0 Å². The summed E-state index contributed by atoms with van der Waals surface area (Å²) >= 11 is 0. The van der Waals surface area contributed by atoms with Gasteiger partial charge in [-0.05, 0) is 83.5 Å². The van der Waals surface area contributed by atoms with E-state index in [2.05, 4.69) is 118 Å². The highest BCUT2D eigenvalue weighted by atomic mass is 16.6. The van der Waals surface area contributed by atoms with Crippen molar-refractivity contribution >= 4 is 17.9 Å². The molecule has 0 fully saturated rings. The molecule has 0 N–H and O–H groups in total. The third-order valence-electron chi connectivity index (χ3n) is 9.79. The first-order valence-electron chi connectivity index (χ1n) is 24.4. The van der Waals surface area contributed by atoms with Crippen molar-refractivity contribution in [2.24, 2.45) is 0 Å². The zero-order valence-electron chi connectivity index (χ0n) is 39.1. The molecule has 0 aliphatic heterocycles. The first-order valence-corrected chi connectivity index (χ1v) is 24.4. The maximum atomic E-state index is 12.7. The monoisotopic (exact) mass is 845 g/mol. The Morgan fingerprint density at radius 3 is 1.07 bits per heavy atom. The van der Waals surface area contributed by atoms with Crippen LogP contribution < -0.4 is 0 Å². The van der Waals surface area contributed by atoms with Crippen LogP contribution in [0.25, 0.3) is 0 Å². The molecule has 0 saturated carbocycles. The van der Waals surface area contributed by atoms with Gasteiger partial charge in [0.2, 0.25) is 0 Å². The third-order valence-corrected chi connectivity index (χ3v) is 9.79. The first-order chi connectivity index (χ1) is 30.0. The molecular formula is C55H88O6. The van der Waals surface area contributed by atoms with E-state index in [1.54, 1.807) is 0 Å². The van der Waals surface area contributed by atoms with Crippen molar-refractivity contribution in [1.29, 1.82) is 0 Å². The number of hydrogen-bond acceptors (Lipinski definition) is 6. The van der Waals surface area contributed by atoms with Gasteiger partial charge in [-0.2, -0.15) is 0 Å². The van der Waals surface area contributed by atoms with E-state index in [0.717, 1.165) is 83.5 Å². The molecule has 0 rings (SSSR count). The largest absolute Gasteiger partial charge is 0.462 e. The van der Waals surface area contributed by atoms with Gasteiger partial charge in [0, 0.05) is 19.3 Å². The van der Waals surface area contributed by atoms with Gasteiger partial charge in [0.15, 0.2) is 6.10 Å². The van der Waals surface area contributed by atoms with E-state index in [-0.39, 0.29) is 38.0 Å². The van der Waals surface area contributed by atoms with Crippen LogP contribution in [-0.4, -0.2) is 37.2 Å². The number of unbranched alkanes of at least 4 members (excludes halogenated alkanes) is 13. The lowest BCUT2D eigenvalue weighted by Gasteiger charge is -2.18. The predicted octanol–water partition coefficient (Wildman–Crippen LogP) is 16.0. The van der Waals surface area contributed by atoms with Gasteiger partial charge in [-0.25, -0.2) is 0 Å². The van der Waals surface area contributed by atoms with Gasteiger partial charge in [0.1, 0.15) is 13.2 Å². The van der Waals surface area contributed by atoms with Crippen molar-refractivity contribution < 1.29 is 28.6 Å². The van der Waals surface area contributed by atoms with Crippen LogP contribution in [0.1, 0.15) is 201 Å². The highest BCUT2D eigenvalue weighted by molar-refractivity contribution is 5.71. The van der Waals surface area contributed by atoms with Crippen molar-refractivity contribution in [3.8, 4) is 0 Å². The number of allylic oxidation sites excluding steroid dienone is 18. The van der Waals surface area contributed by atoms with Crippen molar-refractivity contribution in [2.45, 2.75) is 207 Å². The molecule has 0 spiro atoms. The van der Waals surface area contributed by atoms with E-state index < -0.39 is 12.1 Å². The maximum absolute atomic E-state index is 12.7. The number of esters is 3. The second kappa shape index (κ2) is 48.7. The third kappa shape index (κ3) is 47.0. The van der Waals surface area contributed by atoms with Crippen LogP contribution in [0.15, 0.2) is 109 Å². The fraction of sp³-hybridized carbons (Fsp3) is 0.618. The Labute approximate surface area is 374 Å². The molecule has 6 nitrogen and oxygen atoms in total. The second-order valence-corrected chi connectivity index (χ2v) is 15.6. The van der Waals surface area contributed by atoms with E-state index in [0.29, 0.717) is 19.3 Å². The zero-order chi connectivity index (χ0) is 44.4. The average Bonchev–Trinajstić information content (AvgIpc) is 3.26. The topological polar surface area (TPSA) is 78.9 Å². The van der Waals surface area contributed by atoms with Crippen molar-refractivity contribution in [1.82, 2.24) is 0 Å². The lowest BCUT2D eigenvalue weighted by atomic mass is 10.0. The molecule has 1 unspecified atom stereocenters. The minimum atomic E-state index is -0.838. The Hall–Kier alpha value is -3.93. The molecular weight excluding hydrogens is 757 g/mol. The number of rotatable bonds is 42. The summed E-state index contributed by atoms with van der Waals surface area (Å²) < 4.78 is 16.6. The Bertz CT molecular complexity index is 1290. The number of carbonyl (C=O) groups is 3. The summed E-state index contributed by atoms with van der Waals surface area (Å²) in [6, 6.07) is 0. The van der Waals surface area contributed by atoms with Crippen LogP contribution in [0, 0.1) is 0 Å². The number of ether oxygens (including phenoxy) is 3. The summed E-state index contributed by atoms with van der Waals surface area (Å²) in [6.07, 6.45) is 65.2. The molecule has 61 heavy (non-hydrogen) atoms. The molecule has 0 heterocycles. The predicted molar refractivity (Wildman–Crippen MR) is 260 cm³/mol. The summed E-state index contributed by atoms with van der Waals surface area (Å²) in [5.41, 5.74) is 0. The van der Waals surface area contributed by atoms with Gasteiger partial charge >= 0.3 is 17.9 Å². The molecule has 1 atom stereocenters. The van der Waals surface area contributed by atoms with Gasteiger partial charge in [0.05, 0.1) is 0 Å². The van der Waals surface area contributed by atoms with Crippen LogP contribution in [0.2, 0.25) is 0 Å². The van der Waals surface area contributed by atoms with Gasteiger partial charge in [-0.1, -0.05) is 207 Å². The average molecular weight is 845 g/mol. The lowest BCUT2D eigenvalue weighted by molar-refractivity contribution is -0.166. The molecule has 0 amide bonds. The minimum Gasteiger partial charge on any atom is -0.462 e. The zero-order valence-corrected chi connectivity index (χ0v) is 39.1. The quantitative estimate of drug-likeness (QED) is 0.0264. The van der Waals surface area contributed by atoms with Gasteiger partial charge in [-0.3, -0.25) is 14.4 Å². The van der Waals surface area contributed by atoms with Crippen LogP contribution in [0.3, 0.4) is 0 Å². The van der Waals surface area contributed by atoms with Crippen LogP contribution >= 0.6 is 0 Å². The molecule has 0 aromatic heterocycles. The lowest BCUT2D eigenvalue weighted by Crippen LogP contribution is -2.30. The highest BCUT2D eigenvalue weighted by Crippen LogP contribution is 2.14. The van der Waals surface area contributed by atoms with E-state index in [9.17, 15) is 14.4 Å². The van der Waals surface area contributed by atoms with Crippen LogP contribution in [-0.2, 0) is 28.6 Å². The Balaban J connectivity index is 4.57. The van der Waals surface area contributed by atoms with Crippen LogP contribution in [0.4, 0.5) is 0 Å². The first kappa shape index (κ1) is 57.1. The summed E-state index contributed by atoms with van der Waals surface area (Å²) in [5, 5.41) is 0. The van der Waals surface area contributed by atoms with Crippen molar-refractivity contribution in [3.05, 3.63) is 109 Å². The molecule has 0 aromatic rings. The van der Waals surface area contributed by atoms with Gasteiger partial charge < -0.3 is 14.2 Å². The fourth-order valence-corrected chi connectivity index (χ4v) is 6.20. The second-order valence-electron chi connectivity index (χ2n) is 15.6. The van der Waals surface area contributed by atoms with E-state index in [1.807, 2.05) is 12.2 Å². The minimum absolute atomic E-state index is 0.125. The maximum Gasteiger partial charge on any atom is 0.306 e. The summed E-state index contributed by atoms with van der Waals surface area (Å²) in [4.78, 5) is 37.8. The Morgan fingerprint density at radius 2 is 0.672 bits per heavy atom. The normalized spacial score (nSPS) is 13.0. The molecule has 0 radical (unpaired) electrons. The Kier molecular flexibility index (Phi) is 45.6. The summed E-state index contributed by atoms with van der Waals surface area (Å²) in [6.45, 7) is 6.27. The van der Waals surface area contributed by atoms with Gasteiger partial charge in [0.25, 0.3) is 0 Å². The van der Waals surface area contributed by atoms with E-state index in [4.69, 9.17) is 14.2 Å². The van der Waals surface area contributed by atoms with Crippen molar-refractivity contribution in [3.63, 3.8) is 0 Å². The molecule has 0 aliphatic carbocycles. The molecule has 344 valence electrons. The molecule has 0 saturated heterocycles. The van der Waals surface area contributed by atoms with E-state index >= 15 is 0 Å². The fourth-order valence-electron chi connectivity index (χ4n) is 6.20. The van der Waals surface area contributed by atoms with Gasteiger partial charge in [-0.15, -0.1) is 0 Å². The SMILES string of the molecule is CC/C=C\C/C=C\C/C=C\C/C=C\C/C=C\CCCC(=O)OCC(COC(=O)CCCCCCCCCCCCCCC)OC(=O)CC/C=C\C/C=C\C/C=C\C/C=C\CC. The van der Waals surface area contributed by atoms with Crippen molar-refractivity contribution in [2.75, 3.05) is 13.2 Å². The molecule has 0 bridgehead atoms.